The van der Waals surface area contributed by atoms with E-state index in [1.807, 2.05) is 12.1 Å². The second-order valence-electron chi connectivity index (χ2n) is 3.97. The molecule has 0 aromatic heterocycles. The van der Waals surface area contributed by atoms with Crippen molar-refractivity contribution in [1.29, 1.82) is 0 Å². The molecule has 3 heteroatoms. The number of hydrogen-bond donors (Lipinski definition) is 0. The Balaban J connectivity index is 2.33. The average molecular weight is 450 g/mol. The molecule has 0 unspecified atom stereocenters. The zero-order valence-corrected chi connectivity index (χ0v) is 13.9. The molecular weight excluding hydrogens is 438 g/mol. The van der Waals surface area contributed by atoms with Crippen LogP contribution in [0.4, 0.5) is 0 Å². The van der Waals surface area contributed by atoms with E-state index >= 15 is 0 Å². The maximum Gasteiger partial charge on any atom is 0.154 e. The van der Waals surface area contributed by atoms with Crippen LogP contribution >= 0.6 is 45.2 Å². The second-order valence-corrected chi connectivity index (χ2v) is 6.30. The topological polar surface area (TPSA) is 9.23 Å². The number of hydrogen-bond acceptors (Lipinski definition) is 1. The molecule has 0 fully saturated rings. The van der Waals surface area contributed by atoms with Gasteiger partial charge in [-0.2, -0.15) is 0 Å². The Morgan fingerprint density at radius 3 is 1.88 bits per heavy atom. The predicted molar refractivity (Wildman–Crippen MR) is 87.9 cm³/mol. The first-order chi connectivity index (χ1) is 8.06. The highest BCUT2D eigenvalue weighted by Crippen LogP contribution is 2.32. The fourth-order valence-electron chi connectivity index (χ4n) is 1.51. The third kappa shape index (κ3) is 3.34. The summed E-state index contributed by atoms with van der Waals surface area (Å²) >= 11 is 4.63. The van der Waals surface area contributed by atoms with Crippen molar-refractivity contribution in [2.24, 2.45) is 0 Å². The van der Waals surface area contributed by atoms with Crippen molar-refractivity contribution in [3.63, 3.8) is 0 Å². The SMILES string of the molecule is Cc1ccc(Oc2c(I)cc(C)cc2I)cc1. The first-order valence-corrected chi connectivity index (χ1v) is 7.42. The zero-order valence-electron chi connectivity index (χ0n) is 9.63. The summed E-state index contributed by atoms with van der Waals surface area (Å²) in [6.45, 7) is 4.17. The molecule has 88 valence electrons. The minimum Gasteiger partial charge on any atom is -0.455 e. The van der Waals surface area contributed by atoms with Gasteiger partial charge in [0.15, 0.2) is 5.75 Å². The van der Waals surface area contributed by atoms with E-state index in [9.17, 15) is 0 Å². The molecule has 0 saturated heterocycles. The van der Waals surface area contributed by atoms with Gasteiger partial charge in [0.25, 0.3) is 0 Å². The van der Waals surface area contributed by atoms with Crippen LogP contribution in [0.15, 0.2) is 36.4 Å². The van der Waals surface area contributed by atoms with Crippen molar-refractivity contribution in [3.05, 3.63) is 54.7 Å². The van der Waals surface area contributed by atoms with Crippen molar-refractivity contribution >= 4 is 45.2 Å². The van der Waals surface area contributed by atoms with Gasteiger partial charge in [0.05, 0.1) is 7.14 Å². The highest BCUT2D eigenvalue weighted by atomic mass is 127. The Kier molecular flexibility index (Phi) is 4.30. The molecule has 0 aliphatic heterocycles. The fourth-order valence-corrected chi connectivity index (χ4v) is 3.81. The summed E-state index contributed by atoms with van der Waals surface area (Å²) in [7, 11) is 0. The second kappa shape index (κ2) is 5.56. The Morgan fingerprint density at radius 2 is 1.35 bits per heavy atom. The van der Waals surface area contributed by atoms with Gasteiger partial charge in [-0.15, -0.1) is 0 Å². The molecule has 2 aromatic rings. The monoisotopic (exact) mass is 450 g/mol. The zero-order chi connectivity index (χ0) is 12.4. The van der Waals surface area contributed by atoms with Crippen LogP contribution in [-0.4, -0.2) is 0 Å². The first-order valence-electron chi connectivity index (χ1n) is 5.26. The standard InChI is InChI=1S/C14H12I2O/c1-9-3-5-11(6-4-9)17-14-12(15)7-10(2)8-13(14)16/h3-8H,1-2H3. The lowest BCUT2D eigenvalue weighted by atomic mass is 10.2. The molecule has 1 nitrogen and oxygen atoms in total. The van der Waals surface area contributed by atoms with Gasteiger partial charge < -0.3 is 4.74 Å². The molecule has 0 aliphatic carbocycles. The van der Waals surface area contributed by atoms with Crippen molar-refractivity contribution < 1.29 is 4.74 Å². The van der Waals surface area contributed by atoms with E-state index in [1.165, 1.54) is 11.1 Å². The molecule has 0 amide bonds. The number of rotatable bonds is 2. The summed E-state index contributed by atoms with van der Waals surface area (Å²) in [6.07, 6.45) is 0. The van der Waals surface area contributed by atoms with Crippen molar-refractivity contribution in [1.82, 2.24) is 0 Å². The summed E-state index contributed by atoms with van der Waals surface area (Å²) < 4.78 is 8.23. The van der Waals surface area contributed by atoms with Crippen LogP contribution in [0.25, 0.3) is 0 Å². The van der Waals surface area contributed by atoms with E-state index in [4.69, 9.17) is 4.74 Å². The molecular formula is C14H12I2O. The van der Waals surface area contributed by atoms with Crippen LogP contribution in [-0.2, 0) is 0 Å². The molecule has 0 saturated carbocycles. The number of halogens is 2. The van der Waals surface area contributed by atoms with Gasteiger partial charge in [-0.1, -0.05) is 17.7 Å². The quantitative estimate of drug-likeness (QED) is 0.565. The Labute approximate surface area is 129 Å². The van der Waals surface area contributed by atoms with Gasteiger partial charge >= 0.3 is 0 Å². The van der Waals surface area contributed by atoms with E-state index in [1.54, 1.807) is 0 Å². The van der Waals surface area contributed by atoms with E-state index in [0.717, 1.165) is 18.6 Å². The van der Waals surface area contributed by atoms with Crippen LogP contribution in [0.3, 0.4) is 0 Å². The van der Waals surface area contributed by atoms with Crippen molar-refractivity contribution in [2.45, 2.75) is 13.8 Å². The van der Waals surface area contributed by atoms with E-state index < -0.39 is 0 Å². The molecule has 0 N–H and O–H groups in total. The smallest absolute Gasteiger partial charge is 0.154 e. The molecule has 2 aromatic carbocycles. The Hall–Kier alpha value is -0.300. The van der Waals surface area contributed by atoms with Gasteiger partial charge in [-0.05, 0) is 88.9 Å². The lowest BCUT2D eigenvalue weighted by Gasteiger charge is -2.11. The number of ether oxygens (including phenoxy) is 1. The molecule has 0 heterocycles. The summed E-state index contributed by atoms with van der Waals surface area (Å²) in [4.78, 5) is 0. The van der Waals surface area contributed by atoms with Crippen LogP contribution in [0.5, 0.6) is 11.5 Å². The minimum absolute atomic E-state index is 0.885. The third-order valence-electron chi connectivity index (χ3n) is 2.38. The maximum atomic E-state index is 5.93. The first kappa shape index (κ1) is 13.1. The number of benzene rings is 2. The predicted octanol–water partition coefficient (Wildman–Crippen LogP) is 5.30. The van der Waals surface area contributed by atoms with E-state index in [2.05, 4.69) is 83.3 Å². The molecule has 2 rings (SSSR count). The Morgan fingerprint density at radius 1 is 0.824 bits per heavy atom. The van der Waals surface area contributed by atoms with Gasteiger partial charge in [-0.25, -0.2) is 0 Å². The minimum atomic E-state index is 0.885. The van der Waals surface area contributed by atoms with Crippen molar-refractivity contribution in [2.75, 3.05) is 0 Å². The van der Waals surface area contributed by atoms with Crippen LogP contribution in [0, 0.1) is 21.0 Å². The van der Waals surface area contributed by atoms with Gasteiger partial charge in [-0.3, -0.25) is 0 Å². The Bertz CT molecular complexity index is 509. The van der Waals surface area contributed by atoms with Gasteiger partial charge in [0.1, 0.15) is 5.75 Å². The molecule has 0 spiro atoms. The molecule has 0 radical (unpaired) electrons. The van der Waals surface area contributed by atoms with E-state index in [-0.39, 0.29) is 0 Å². The van der Waals surface area contributed by atoms with Crippen LogP contribution in [0.2, 0.25) is 0 Å². The highest BCUT2D eigenvalue weighted by molar-refractivity contribution is 14.1. The van der Waals surface area contributed by atoms with E-state index in [0.29, 0.717) is 0 Å². The normalized spacial score (nSPS) is 10.4. The van der Waals surface area contributed by atoms with Gasteiger partial charge in [0, 0.05) is 0 Å². The summed E-state index contributed by atoms with van der Waals surface area (Å²) in [5, 5.41) is 0. The largest absolute Gasteiger partial charge is 0.455 e. The lowest BCUT2D eigenvalue weighted by molar-refractivity contribution is 0.475. The number of aryl methyl sites for hydroxylation is 2. The van der Waals surface area contributed by atoms with Crippen LogP contribution in [0.1, 0.15) is 11.1 Å². The molecule has 0 bridgehead atoms. The highest BCUT2D eigenvalue weighted by Gasteiger charge is 2.08. The van der Waals surface area contributed by atoms with Crippen LogP contribution < -0.4 is 4.74 Å². The lowest BCUT2D eigenvalue weighted by Crippen LogP contribution is -1.92. The molecule has 17 heavy (non-hydrogen) atoms. The summed E-state index contributed by atoms with van der Waals surface area (Å²) in [6, 6.07) is 12.4. The molecule has 0 atom stereocenters. The van der Waals surface area contributed by atoms with Crippen molar-refractivity contribution in [3.8, 4) is 11.5 Å². The third-order valence-corrected chi connectivity index (χ3v) is 3.99. The summed E-state index contributed by atoms with van der Waals surface area (Å²) in [5.74, 6) is 1.83. The average Bonchev–Trinajstić information content (AvgIpc) is 2.26. The van der Waals surface area contributed by atoms with Gasteiger partial charge in [0.2, 0.25) is 0 Å². The maximum absolute atomic E-state index is 5.93. The molecule has 0 aliphatic rings. The summed E-state index contributed by atoms with van der Waals surface area (Å²) in [5.41, 5.74) is 2.50. The fraction of sp³-hybridized carbons (Fsp3) is 0.143.